The van der Waals surface area contributed by atoms with Gasteiger partial charge in [0.25, 0.3) is 0 Å². The predicted octanol–water partition coefficient (Wildman–Crippen LogP) is 0.247. The summed E-state index contributed by atoms with van der Waals surface area (Å²) in [6.45, 7) is 5.03. The van der Waals surface area contributed by atoms with Crippen molar-refractivity contribution >= 4 is 9.84 Å². The lowest BCUT2D eigenvalue weighted by Gasteiger charge is -2.35. The van der Waals surface area contributed by atoms with E-state index in [1.165, 1.54) is 19.3 Å². The molecular formula is C11H22N2O2S. The van der Waals surface area contributed by atoms with Crippen molar-refractivity contribution in [3.05, 3.63) is 0 Å². The molecule has 2 aliphatic heterocycles. The predicted molar refractivity (Wildman–Crippen MR) is 65.3 cm³/mol. The first-order valence-electron chi connectivity index (χ1n) is 6.30. The Kier molecular flexibility index (Phi) is 3.87. The molecule has 5 heteroatoms. The molecule has 94 valence electrons. The van der Waals surface area contributed by atoms with Crippen LogP contribution < -0.4 is 5.32 Å². The van der Waals surface area contributed by atoms with E-state index < -0.39 is 9.84 Å². The van der Waals surface area contributed by atoms with E-state index in [1.54, 1.807) is 0 Å². The van der Waals surface area contributed by atoms with E-state index in [1.807, 2.05) is 6.92 Å². The van der Waals surface area contributed by atoms with Gasteiger partial charge in [0.2, 0.25) is 0 Å². The summed E-state index contributed by atoms with van der Waals surface area (Å²) in [7, 11) is -2.82. The molecule has 0 spiro atoms. The van der Waals surface area contributed by atoms with Crippen LogP contribution in [0.2, 0.25) is 0 Å². The molecule has 4 nitrogen and oxygen atoms in total. The highest BCUT2D eigenvalue weighted by atomic mass is 32.2. The Morgan fingerprint density at radius 1 is 1.19 bits per heavy atom. The topological polar surface area (TPSA) is 49.4 Å². The van der Waals surface area contributed by atoms with Crippen molar-refractivity contribution in [1.29, 1.82) is 0 Å². The summed E-state index contributed by atoms with van der Waals surface area (Å²) in [5.74, 6) is 0.673. The Hall–Kier alpha value is -0.130. The lowest BCUT2D eigenvalue weighted by molar-refractivity contribution is 0.156. The van der Waals surface area contributed by atoms with Crippen LogP contribution in [0.5, 0.6) is 0 Å². The monoisotopic (exact) mass is 246 g/mol. The Morgan fingerprint density at radius 2 is 1.88 bits per heavy atom. The molecule has 0 amide bonds. The number of nitrogens with zero attached hydrogens (tertiary/aromatic N) is 1. The van der Waals surface area contributed by atoms with Gasteiger partial charge in [-0.3, -0.25) is 4.90 Å². The maximum Gasteiger partial charge on any atom is 0.153 e. The zero-order valence-electron chi connectivity index (χ0n) is 9.98. The number of likely N-dealkylation sites (tertiary alicyclic amines) is 1. The van der Waals surface area contributed by atoms with Crippen molar-refractivity contribution in [2.24, 2.45) is 0 Å². The summed E-state index contributed by atoms with van der Waals surface area (Å²) in [4.78, 5) is 2.38. The van der Waals surface area contributed by atoms with Gasteiger partial charge in [0.05, 0.1) is 11.5 Å². The highest BCUT2D eigenvalue weighted by Gasteiger charge is 2.40. The van der Waals surface area contributed by atoms with Gasteiger partial charge in [0.1, 0.15) is 0 Å². The number of hydrogen-bond donors (Lipinski definition) is 1. The highest BCUT2D eigenvalue weighted by molar-refractivity contribution is 7.91. The van der Waals surface area contributed by atoms with Crippen LogP contribution in [0.1, 0.15) is 26.2 Å². The summed E-state index contributed by atoms with van der Waals surface area (Å²) in [6.07, 6.45) is 3.73. The van der Waals surface area contributed by atoms with E-state index in [0.29, 0.717) is 11.5 Å². The smallest absolute Gasteiger partial charge is 0.153 e. The minimum atomic E-state index is -2.82. The molecule has 2 fully saturated rings. The number of piperidine rings is 1. The van der Waals surface area contributed by atoms with E-state index in [0.717, 1.165) is 19.6 Å². The van der Waals surface area contributed by atoms with E-state index in [9.17, 15) is 8.42 Å². The van der Waals surface area contributed by atoms with Gasteiger partial charge in [-0.05, 0) is 32.5 Å². The highest BCUT2D eigenvalue weighted by Crippen LogP contribution is 2.22. The Bertz CT molecular complexity index is 323. The largest absolute Gasteiger partial charge is 0.312 e. The summed E-state index contributed by atoms with van der Waals surface area (Å²) < 4.78 is 23.4. The standard InChI is InChI=1S/C11H22N2O2S/c1-2-12-10-8-16(14,15)9-11(10)13-6-4-3-5-7-13/h10-12H,2-9H2,1H3. The van der Waals surface area contributed by atoms with Crippen molar-refractivity contribution in [3.63, 3.8) is 0 Å². The molecule has 1 N–H and O–H groups in total. The molecule has 2 heterocycles. The van der Waals surface area contributed by atoms with Crippen molar-refractivity contribution in [2.75, 3.05) is 31.1 Å². The van der Waals surface area contributed by atoms with Crippen LogP contribution >= 0.6 is 0 Å². The van der Waals surface area contributed by atoms with Crippen LogP contribution in [0, 0.1) is 0 Å². The summed E-state index contributed by atoms with van der Waals surface area (Å²) in [6, 6.07) is 0.360. The number of nitrogens with one attached hydrogen (secondary N) is 1. The molecule has 0 radical (unpaired) electrons. The van der Waals surface area contributed by atoms with Crippen LogP contribution in [0.25, 0.3) is 0 Å². The van der Waals surface area contributed by atoms with Gasteiger partial charge < -0.3 is 5.32 Å². The first kappa shape index (κ1) is 12.3. The Morgan fingerprint density at radius 3 is 2.50 bits per heavy atom. The van der Waals surface area contributed by atoms with Crippen molar-refractivity contribution < 1.29 is 8.42 Å². The van der Waals surface area contributed by atoms with E-state index in [4.69, 9.17) is 0 Å². The van der Waals surface area contributed by atoms with Crippen LogP contribution in [-0.4, -0.2) is 56.5 Å². The lowest BCUT2D eigenvalue weighted by atomic mass is 10.1. The second kappa shape index (κ2) is 5.02. The zero-order valence-corrected chi connectivity index (χ0v) is 10.8. The summed E-state index contributed by atoms with van der Waals surface area (Å²) in [5.41, 5.74) is 0. The lowest BCUT2D eigenvalue weighted by Crippen LogP contribution is -2.50. The van der Waals surface area contributed by atoms with Crippen LogP contribution in [0.3, 0.4) is 0 Å². The second-order valence-electron chi connectivity index (χ2n) is 4.91. The van der Waals surface area contributed by atoms with Gasteiger partial charge in [-0.2, -0.15) is 0 Å². The molecule has 2 saturated heterocycles. The maximum absolute atomic E-state index is 11.7. The second-order valence-corrected chi connectivity index (χ2v) is 7.06. The minimum Gasteiger partial charge on any atom is -0.312 e. The molecule has 0 aromatic rings. The zero-order chi connectivity index (χ0) is 11.6. The average molecular weight is 246 g/mol. The molecule has 16 heavy (non-hydrogen) atoms. The first-order chi connectivity index (χ1) is 7.62. The van der Waals surface area contributed by atoms with Gasteiger partial charge in [-0.1, -0.05) is 13.3 Å². The van der Waals surface area contributed by atoms with Crippen LogP contribution in [-0.2, 0) is 9.84 Å². The normalized spacial score (nSPS) is 35.3. The van der Waals surface area contributed by atoms with Gasteiger partial charge in [0, 0.05) is 12.1 Å². The van der Waals surface area contributed by atoms with Crippen molar-refractivity contribution in [2.45, 2.75) is 38.3 Å². The number of rotatable bonds is 3. The third kappa shape index (κ3) is 2.76. The fraction of sp³-hybridized carbons (Fsp3) is 1.00. The summed E-state index contributed by atoms with van der Waals surface area (Å²) >= 11 is 0. The maximum atomic E-state index is 11.7. The first-order valence-corrected chi connectivity index (χ1v) is 8.12. The van der Waals surface area contributed by atoms with Gasteiger partial charge in [-0.15, -0.1) is 0 Å². The van der Waals surface area contributed by atoms with E-state index >= 15 is 0 Å². The van der Waals surface area contributed by atoms with Crippen LogP contribution in [0.4, 0.5) is 0 Å². The molecule has 0 bridgehead atoms. The third-order valence-corrected chi connectivity index (χ3v) is 5.37. The number of sulfone groups is 1. The van der Waals surface area contributed by atoms with Gasteiger partial charge in [0.15, 0.2) is 9.84 Å². The molecule has 2 rings (SSSR count). The number of likely N-dealkylation sites (N-methyl/N-ethyl adjacent to an activating group) is 1. The molecule has 2 aliphatic rings. The minimum absolute atomic E-state index is 0.146. The molecule has 0 aromatic heterocycles. The molecule has 2 atom stereocenters. The third-order valence-electron chi connectivity index (χ3n) is 3.65. The SMILES string of the molecule is CCNC1CS(=O)(=O)CC1N1CCCCC1. The number of hydrogen-bond acceptors (Lipinski definition) is 4. The van der Waals surface area contributed by atoms with Gasteiger partial charge in [-0.25, -0.2) is 8.42 Å². The fourth-order valence-electron chi connectivity index (χ4n) is 2.90. The quantitative estimate of drug-likeness (QED) is 0.775. The molecule has 0 aliphatic carbocycles. The summed E-state index contributed by atoms with van der Waals surface area (Å²) in [5, 5.41) is 3.33. The molecule has 2 unspecified atom stereocenters. The van der Waals surface area contributed by atoms with Gasteiger partial charge >= 0.3 is 0 Å². The Labute approximate surface area is 98.3 Å². The molecular weight excluding hydrogens is 224 g/mol. The van der Waals surface area contributed by atoms with Crippen molar-refractivity contribution in [3.8, 4) is 0 Å². The van der Waals surface area contributed by atoms with Crippen molar-refractivity contribution in [1.82, 2.24) is 10.2 Å². The average Bonchev–Trinajstić information content (AvgIpc) is 2.56. The van der Waals surface area contributed by atoms with E-state index in [-0.39, 0.29) is 12.1 Å². The van der Waals surface area contributed by atoms with E-state index in [2.05, 4.69) is 10.2 Å². The Balaban J connectivity index is 2.05. The molecule has 0 aromatic carbocycles. The fourth-order valence-corrected chi connectivity index (χ4v) is 4.88. The molecule has 0 saturated carbocycles. The van der Waals surface area contributed by atoms with Crippen LogP contribution in [0.15, 0.2) is 0 Å².